The zero-order valence-corrected chi connectivity index (χ0v) is 13.1. The minimum Gasteiger partial charge on any atom is -0.486 e. The van der Waals surface area contributed by atoms with Gasteiger partial charge in [-0.3, -0.25) is 0 Å². The maximum atomic E-state index is 6.05. The Balaban J connectivity index is 1.72. The Hall–Kier alpha value is -1.26. The van der Waals surface area contributed by atoms with E-state index in [1.807, 2.05) is 6.07 Å². The molecule has 2 atom stereocenters. The van der Waals surface area contributed by atoms with Crippen molar-refractivity contribution in [3.05, 3.63) is 23.8 Å². The molecule has 1 fully saturated rings. The van der Waals surface area contributed by atoms with Gasteiger partial charge in [-0.15, -0.1) is 0 Å². The summed E-state index contributed by atoms with van der Waals surface area (Å²) >= 11 is 0. The van der Waals surface area contributed by atoms with Crippen LogP contribution in [0.3, 0.4) is 0 Å². The molecule has 2 unspecified atom stereocenters. The molecule has 0 saturated carbocycles. The van der Waals surface area contributed by atoms with Gasteiger partial charge in [0, 0.05) is 19.2 Å². The van der Waals surface area contributed by atoms with Gasteiger partial charge in [0.05, 0.1) is 6.10 Å². The fourth-order valence-electron chi connectivity index (χ4n) is 2.95. The van der Waals surface area contributed by atoms with E-state index in [-0.39, 0.29) is 11.5 Å². The quantitative estimate of drug-likeness (QED) is 0.863. The van der Waals surface area contributed by atoms with Gasteiger partial charge in [0.2, 0.25) is 0 Å². The van der Waals surface area contributed by atoms with Crippen LogP contribution >= 0.6 is 0 Å². The summed E-state index contributed by atoms with van der Waals surface area (Å²) in [6.45, 7) is 9.68. The predicted molar refractivity (Wildman–Crippen MR) is 82.0 cm³/mol. The first-order valence-corrected chi connectivity index (χ1v) is 7.78. The topological polar surface area (TPSA) is 39.7 Å². The van der Waals surface area contributed by atoms with Crippen molar-refractivity contribution in [1.82, 2.24) is 5.32 Å². The van der Waals surface area contributed by atoms with Crippen molar-refractivity contribution >= 4 is 0 Å². The van der Waals surface area contributed by atoms with E-state index in [9.17, 15) is 0 Å². The molecule has 0 radical (unpaired) electrons. The highest BCUT2D eigenvalue weighted by Crippen LogP contribution is 2.34. The van der Waals surface area contributed by atoms with Crippen LogP contribution in [0.4, 0.5) is 0 Å². The van der Waals surface area contributed by atoms with Crippen molar-refractivity contribution in [2.45, 2.75) is 39.3 Å². The zero-order chi connectivity index (χ0) is 14.9. The molecule has 1 aromatic rings. The molecule has 0 spiro atoms. The molecule has 2 aliphatic rings. The third-order valence-electron chi connectivity index (χ3n) is 4.26. The van der Waals surface area contributed by atoms with Gasteiger partial charge >= 0.3 is 0 Å². The predicted octanol–water partition coefficient (Wildman–Crippen LogP) is 2.92. The molecule has 1 aromatic carbocycles. The van der Waals surface area contributed by atoms with Crippen LogP contribution in [0.15, 0.2) is 18.2 Å². The van der Waals surface area contributed by atoms with Crippen LogP contribution in [-0.2, 0) is 4.74 Å². The molecular weight excluding hydrogens is 266 g/mol. The zero-order valence-electron chi connectivity index (χ0n) is 13.1. The Kier molecular flexibility index (Phi) is 4.09. The number of hydrogen-bond acceptors (Lipinski definition) is 4. The third-order valence-corrected chi connectivity index (χ3v) is 4.26. The van der Waals surface area contributed by atoms with E-state index in [1.54, 1.807) is 0 Å². The van der Waals surface area contributed by atoms with Gasteiger partial charge in [0.15, 0.2) is 11.5 Å². The van der Waals surface area contributed by atoms with Gasteiger partial charge in [-0.05, 0) is 29.5 Å². The summed E-state index contributed by atoms with van der Waals surface area (Å²) in [4.78, 5) is 0. The molecule has 0 aliphatic carbocycles. The molecule has 0 bridgehead atoms. The van der Waals surface area contributed by atoms with Crippen molar-refractivity contribution in [1.29, 1.82) is 0 Å². The van der Waals surface area contributed by atoms with Gasteiger partial charge in [0.25, 0.3) is 0 Å². The Morgan fingerprint density at radius 1 is 1.05 bits per heavy atom. The summed E-state index contributed by atoms with van der Waals surface area (Å²) in [5.41, 5.74) is 1.41. The molecule has 4 heteroatoms. The lowest BCUT2D eigenvalue weighted by Crippen LogP contribution is -2.40. The van der Waals surface area contributed by atoms with Gasteiger partial charge < -0.3 is 19.5 Å². The monoisotopic (exact) mass is 291 g/mol. The first kappa shape index (κ1) is 14.7. The standard InChI is InChI=1S/C17H25NO3/c1-17(2,3)16-6-7-19-15(11-18-16)12-4-5-13-14(10-12)21-9-8-20-13/h4-5,10,15-16,18H,6-9,11H2,1-3H3. The van der Waals surface area contributed by atoms with Crippen LogP contribution in [0.25, 0.3) is 0 Å². The van der Waals surface area contributed by atoms with Crippen LogP contribution in [-0.4, -0.2) is 32.4 Å². The van der Waals surface area contributed by atoms with Crippen molar-refractivity contribution in [3.63, 3.8) is 0 Å². The molecule has 0 amide bonds. The third kappa shape index (κ3) is 3.33. The summed E-state index contributed by atoms with van der Waals surface area (Å²) in [5.74, 6) is 1.66. The lowest BCUT2D eigenvalue weighted by molar-refractivity contribution is 0.0649. The van der Waals surface area contributed by atoms with E-state index in [2.05, 4.69) is 38.2 Å². The summed E-state index contributed by atoms with van der Waals surface area (Å²) in [5, 5.41) is 3.65. The second-order valence-corrected chi connectivity index (χ2v) is 6.88. The van der Waals surface area contributed by atoms with E-state index in [0.29, 0.717) is 19.3 Å². The SMILES string of the molecule is CC(C)(C)C1CCOC(c2ccc3c(c2)OCCO3)CN1. The van der Waals surface area contributed by atoms with Crippen molar-refractivity contribution < 1.29 is 14.2 Å². The molecule has 116 valence electrons. The smallest absolute Gasteiger partial charge is 0.161 e. The van der Waals surface area contributed by atoms with Gasteiger partial charge in [0.1, 0.15) is 13.2 Å². The number of fused-ring (bicyclic) bond motifs is 1. The number of benzene rings is 1. The maximum Gasteiger partial charge on any atom is 0.161 e. The minimum atomic E-state index is 0.0770. The lowest BCUT2D eigenvalue weighted by atomic mass is 9.85. The molecule has 3 rings (SSSR count). The maximum absolute atomic E-state index is 6.05. The molecule has 2 heterocycles. The Labute approximate surface area is 126 Å². The van der Waals surface area contributed by atoms with E-state index >= 15 is 0 Å². The molecule has 2 aliphatic heterocycles. The average molecular weight is 291 g/mol. The Bertz CT molecular complexity index is 495. The molecule has 21 heavy (non-hydrogen) atoms. The largest absolute Gasteiger partial charge is 0.486 e. The fourth-order valence-corrected chi connectivity index (χ4v) is 2.95. The molecule has 0 aromatic heterocycles. The Morgan fingerprint density at radius 2 is 1.81 bits per heavy atom. The van der Waals surface area contributed by atoms with E-state index in [4.69, 9.17) is 14.2 Å². The summed E-state index contributed by atoms with van der Waals surface area (Å²) in [6, 6.07) is 6.61. The minimum absolute atomic E-state index is 0.0770. The first-order valence-electron chi connectivity index (χ1n) is 7.78. The number of rotatable bonds is 1. The van der Waals surface area contributed by atoms with Crippen molar-refractivity contribution in [2.24, 2.45) is 5.41 Å². The van der Waals surface area contributed by atoms with Crippen molar-refractivity contribution in [2.75, 3.05) is 26.4 Å². The molecule has 1 N–H and O–H groups in total. The lowest BCUT2D eigenvalue weighted by Gasteiger charge is -2.30. The molecular formula is C17H25NO3. The highest BCUT2D eigenvalue weighted by atomic mass is 16.6. The van der Waals surface area contributed by atoms with Gasteiger partial charge in [-0.2, -0.15) is 0 Å². The second-order valence-electron chi connectivity index (χ2n) is 6.88. The highest BCUT2D eigenvalue weighted by Gasteiger charge is 2.28. The summed E-state index contributed by atoms with van der Waals surface area (Å²) in [6.07, 6.45) is 1.12. The normalized spacial score (nSPS) is 26.2. The first-order chi connectivity index (χ1) is 10.0. The van der Waals surface area contributed by atoms with Crippen LogP contribution in [0.1, 0.15) is 38.9 Å². The van der Waals surface area contributed by atoms with E-state index in [1.165, 1.54) is 0 Å². The number of ether oxygens (including phenoxy) is 3. The van der Waals surface area contributed by atoms with Crippen LogP contribution in [0, 0.1) is 5.41 Å². The van der Waals surface area contributed by atoms with Crippen LogP contribution < -0.4 is 14.8 Å². The average Bonchev–Trinajstić information content (AvgIpc) is 2.72. The van der Waals surface area contributed by atoms with Gasteiger partial charge in [-0.1, -0.05) is 26.8 Å². The van der Waals surface area contributed by atoms with Crippen molar-refractivity contribution in [3.8, 4) is 11.5 Å². The van der Waals surface area contributed by atoms with E-state index < -0.39 is 0 Å². The number of hydrogen-bond donors (Lipinski definition) is 1. The highest BCUT2D eigenvalue weighted by molar-refractivity contribution is 5.44. The van der Waals surface area contributed by atoms with Gasteiger partial charge in [-0.25, -0.2) is 0 Å². The fraction of sp³-hybridized carbons (Fsp3) is 0.647. The van der Waals surface area contributed by atoms with Crippen LogP contribution in [0.2, 0.25) is 0 Å². The summed E-state index contributed by atoms with van der Waals surface area (Å²) in [7, 11) is 0. The second kappa shape index (κ2) is 5.85. The molecule has 4 nitrogen and oxygen atoms in total. The number of nitrogens with one attached hydrogen (secondary N) is 1. The summed E-state index contributed by atoms with van der Waals surface area (Å²) < 4.78 is 17.3. The van der Waals surface area contributed by atoms with Crippen LogP contribution in [0.5, 0.6) is 11.5 Å². The van der Waals surface area contributed by atoms with E-state index in [0.717, 1.165) is 36.6 Å². The molecule has 1 saturated heterocycles. The Morgan fingerprint density at radius 3 is 2.57 bits per heavy atom.